The number of carbonyl (C=O) groups excluding carboxylic acids is 2. The second-order valence-electron chi connectivity index (χ2n) is 13.1. The van der Waals surface area contributed by atoms with Crippen LogP contribution in [-0.4, -0.2) is 56.3 Å². The Labute approximate surface area is 294 Å². The number of allylic oxidation sites excluding steroid dienone is 2. The Morgan fingerprint density at radius 3 is 1.56 bits per heavy atom. The number of ether oxygens (including phenoxy) is 2. The predicted molar refractivity (Wildman–Crippen MR) is 197 cm³/mol. The zero-order chi connectivity index (χ0) is 35.4. The summed E-state index contributed by atoms with van der Waals surface area (Å²) >= 11 is 0. The van der Waals surface area contributed by atoms with Gasteiger partial charge in [0.25, 0.3) is 0 Å². The standard InChI is InChI=1S/C38H74NO8P/c1-4-6-8-10-12-14-16-18-20-22-24-26-28-30-37(40)44-34-36(35-46-48(42,43)45-33-32-39-3)47-38(41)31-29-27-25-23-21-19-17-15-13-11-9-7-5-2/h14,16,36,39H,4-13,15,17-35H2,1-3H3,(H,42,43)/b16-14-. The summed E-state index contributed by atoms with van der Waals surface area (Å²) in [7, 11) is -2.64. The van der Waals surface area contributed by atoms with Crippen LogP contribution < -0.4 is 5.32 Å². The summed E-state index contributed by atoms with van der Waals surface area (Å²) < 4.78 is 33.1. The van der Waals surface area contributed by atoms with E-state index in [1.165, 1.54) is 96.3 Å². The van der Waals surface area contributed by atoms with Crippen LogP contribution in [0.4, 0.5) is 0 Å². The van der Waals surface area contributed by atoms with Crippen LogP contribution in [0, 0.1) is 0 Å². The molecule has 9 nitrogen and oxygen atoms in total. The van der Waals surface area contributed by atoms with Crippen molar-refractivity contribution < 1.29 is 37.6 Å². The Balaban J connectivity index is 4.28. The maximum atomic E-state index is 12.6. The number of phosphoric acid groups is 1. The third-order valence-corrected chi connectivity index (χ3v) is 9.37. The van der Waals surface area contributed by atoms with Crippen molar-refractivity contribution in [1.82, 2.24) is 5.32 Å². The fraction of sp³-hybridized carbons (Fsp3) is 0.895. The zero-order valence-electron chi connectivity index (χ0n) is 31.2. The lowest BCUT2D eigenvalue weighted by molar-refractivity contribution is -0.161. The minimum absolute atomic E-state index is 0.0153. The van der Waals surface area contributed by atoms with Gasteiger partial charge in [-0.15, -0.1) is 0 Å². The van der Waals surface area contributed by atoms with Crippen molar-refractivity contribution in [3.05, 3.63) is 12.2 Å². The Kier molecular flexibility index (Phi) is 34.6. The van der Waals surface area contributed by atoms with Gasteiger partial charge in [0.05, 0.1) is 13.2 Å². The van der Waals surface area contributed by atoms with Crippen molar-refractivity contribution in [3.8, 4) is 0 Å². The third kappa shape index (κ3) is 34.6. The van der Waals surface area contributed by atoms with Crippen molar-refractivity contribution in [3.63, 3.8) is 0 Å². The first-order valence-electron chi connectivity index (χ1n) is 19.6. The van der Waals surface area contributed by atoms with Gasteiger partial charge in [-0.1, -0.05) is 142 Å². The molecule has 0 amide bonds. The molecule has 0 aliphatic rings. The van der Waals surface area contributed by atoms with E-state index >= 15 is 0 Å². The Bertz CT molecular complexity index is 810. The quantitative estimate of drug-likeness (QED) is 0.0282. The lowest BCUT2D eigenvalue weighted by Gasteiger charge is -2.20. The molecule has 48 heavy (non-hydrogen) atoms. The van der Waals surface area contributed by atoms with Gasteiger partial charge in [0.2, 0.25) is 0 Å². The van der Waals surface area contributed by atoms with Gasteiger partial charge in [0, 0.05) is 19.4 Å². The molecular weight excluding hydrogens is 629 g/mol. The van der Waals surface area contributed by atoms with Crippen LogP contribution in [0.25, 0.3) is 0 Å². The predicted octanol–water partition coefficient (Wildman–Crippen LogP) is 10.5. The van der Waals surface area contributed by atoms with E-state index in [2.05, 4.69) is 31.3 Å². The summed E-state index contributed by atoms with van der Waals surface area (Å²) in [6, 6.07) is 0. The van der Waals surface area contributed by atoms with Gasteiger partial charge in [-0.05, 0) is 45.6 Å². The van der Waals surface area contributed by atoms with Crippen LogP contribution >= 0.6 is 7.82 Å². The summed E-state index contributed by atoms with van der Waals surface area (Å²) in [5, 5.41) is 2.82. The lowest BCUT2D eigenvalue weighted by Crippen LogP contribution is -2.29. The van der Waals surface area contributed by atoms with Gasteiger partial charge in [0.15, 0.2) is 6.10 Å². The van der Waals surface area contributed by atoms with Crippen molar-refractivity contribution in [2.24, 2.45) is 0 Å². The number of rotatable bonds is 37. The van der Waals surface area contributed by atoms with E-state index in [1.807, 2.05) is 0 Å². The Hall–Kier alpha value is -1.25. The number of likely N-dealkylation sites (N-methyl/N-ethyl adjacent to an activating group) is 1. The second kappa shape index (κ2) is 35.6. The van der Waals surface area contributed by atoms with Crippen LogP contribution in [-0.2, 0) is 32.7 Å². The van der Waals surface area contributed by atoms with Gasteiger partial charge in [-0.25, -0.2) is 4.57 Å². The van der Waals surface area contributed by atoms with Gasteiger partial charge in [0.1, 0.15) is 6.61 Å². The third-order valence-electron chi connectivity index (χ3n) is 8.39. The van der Waals surface area contributed by atoms with E-state index in [0.717, 1.165) is 51.4 Å². The Morgan fingerprint density at radius 1 is 0.625 bits per heavy atom. The fourth-order valence-corrected chi connectivity index (χ4v) is 6.12. The highest BCUT2D eigenvalue weighted by atomic mass is 31.2. The minimum atomic E-state index is -4.34. The molecule has 0 bridgehead atoms. The topological polar surface area (TPSA) is 120 Å². The first-order chi connectivity index (χ1) is 23.3. The molecule has 0 fully saturated rings. The smallest absolute Gasteiger partial charge is 0.462 e. The highest BCUT2D eigenvalue weighted by Crippen LogP contribution is 2.43. The SMILES string of the molecule is CCCCCC/C=C\CCCCCCCC(=O)OCC(COP(=O)(O)OCCNC)OC(=O)CCCCCCCCCCCCCCC. The van der Waals surface area contributed by atoms with Crippen LogP contribution in [0.1, 0.15) is 181 Å². The summed E-state index contributed by atoms with van der Waals surface area (Å²) in [5.41, 5.74) is 0. The molecule has 0 rings (SSSR count). The van der Waals surface area contributed by atoms with Crippen LogP contribution in [0.3, 0.4) is 0 Å². The average molecular weight is 704 g/mol. The summed E-state index contributed by atoms with van der Waals surface area (Å²) in [6.07, 6.45) is 32.5. The van der Waals surface area contributed by atoms with E-state index in [1.54, 1.807) is 7.05 Å². The molecule has 284 valence electrons. The molecule has 0 aromatic rings. The average Bonchev–Trinajstić information content (AvgIpc) is 3.06. The molecule has 0 saturated carbocycles. The molecular formula is C38H74NO8P. The fourth-order valence-electron chi connectivity index (χ4n) is 5.37. The summed E-state index contributed by atoms with van der Waals surface area (Å²) in [4.78, 5) is 34.9. The molecule has 10 heteroatoms. The summed E-state index contributed by atoms with van der Waals surface area (Å²) in [5.74, 6) is -0.811. The van der Waals surface area contributed by atoms with E-state index in [0.29, 0.717) is 13.0 Å². The number of hydrogen-bond donors (Lipinski definition) is 2. The number of carbonyl (C=O) groups is 2. The molecule has 2 N–H and O–H groups in total. The number of nitrogens with one attached hydrogen (secondary N) is 1. The van der Waals surface area contributed by atoms with Crippen molar-refractivity contribution in [2.45, 2.75) is 187 Å². The number of unbranched alkanes of at least 4 members (excludes halogenated alkanes) is 21. The lowest BCUT2D eigenvalue weighted by atomic mass is 10.0. The van der Waals surface area contributed by atoms with Crippen molar-refractivity contribution in [2.75, 3.05) is 33.4 Å². The van der Waals surface area contributed by atoms with Gasteiger partial charge in [-0.3, -0.25) is 18.6 Å². The summed E-state index contributed by atoms with van der Waals surface area (Å²) in [6.45, 7) is 4.20. The Morgan fingerprint density at radius 2 is 1.06 bits per heavy atom. The van der Waals surface area contributed by atoms with E-state index in [-0.39, 0.29) is 32.0 Å². The number of hydrogen-bond acceptors (Lipinski definition) is 8. The monoisotopic (exact) mass is 704 g/mol. The van der Waals surface area contributed by atoms with Crippen molar-refractivity contribution >= 4 is 19.8 Å². The molecule has 0 aromatic carbocycles. The van der Waals surface area contributed by atoms with Gasteiger partial charge < -0.3 is 19.7 Å². The van der Waals surface area contributed by atoms with E-state index in [9.17, 15) is 19.0 Å². The van der Waals surface area contributed by atoms with Crippen LogP contribution in [0.15, 0.2) is 12.2 Å². The van der Waals surface area contributed by atoms with Crippen LogP contribution in [0.5, 0.6) is 0 Å². The zero-order valence-corrected chi connectivity index (χ0v) is 32.1. The molecule has 0 radical (unpaired) electrons. The maximum absolute atomic E-state index is 12.6. The molecule has 0 aliphatic heterocycles. The second-order valence-corrected chi connectivity index (χ2v) is 14.6. The van der Waals surface area contributed by atoms with Crippen LogP contribution in [0.2, 0.25) is 0 Å². The number of esters is 2. The highest BCUT2D eigenvalue weighted by Gasteiger charge is 2.26. The van der Waals surface area contributed by atoms with Gasteiger partial charge >= 0.3 is 19.8 Å². The molecule has 0 spiro atoms. The molecule has 0 saturated heterocycles. The molecule has 2 atom stereocenters. The molecule has 0 aromatic heterocycles. The van der Waals surface area contributed by atoms with Gasteiger partial charge in [-0.2, -0.15) is 0 Å². The largest absolute Gasteiger partial charge is 0.472 e. The number of phosphoric ester groups is 1. The molecule has 2 unspecified atom stereocenters. The van der Waals surface area contributed by atoms with E-state index in [4.69, 9.17) is 18.5 Å². The first-order valence-corrected chi connectivity index (χ1v) is 21.1. The first kappa shape index (κ1) is 46.8. The molecule has 0 heterocycles. The van der Waals surface area contributed by atoms with Crippen molar-refractivity contribution in [1.29, 1.82) is 0 Å². The molecule has 0 aliphatic carbocycles. The highest BCUT2D eigenvalue weighted by molar-refractivity contribution is 7.47. The van der Waals surface area contributed by atoms with E-state index < -0.39 is 26.5 Å². The minimum Gasteiger partial charge on any atom is -0.462 e. The maximum Gasteiger partial charge on any atom is 0.472 e. The normalized spacial score (nSPS) is 13.5.